The van der Waals surface area contributed by atoms with Crippen LogP contribution >= 0.6 is 11.3 Å². The van der Waals surface area contributed by atoms with Gasteiger partial charge in [0.05, 0.1) is 0 Å². The molecule has 2 rings (SSSR count). The average molecular weight is 526 g/mol. The summed E-state index contributed by atoms with van der Waals surface area (Å²) in [7, 11) is 4.30. The van der Waals surface area contributed by atoms with Gasteiger partial charge in [-0.05, 0) is 107 Å². The van der Waals surface area contributed by atoms with Crippen LogP contribution in [-0.2, 0) is 12.8 Å². The van der Waals surface area contributed by atoms with Crippen molar-refractivity contribution in [1.82, 2.24) is 4.90 Å². The second kappa shape index (κ2) is 24.7. The molecule has 1 nitrogen and oxygen atoms in total. The lowest BCUT2D eigenvalue weighted by Gasteiger charge is -2.11. The highest BCUT2D eigenvalue weighted by molar-refractivity contribution is 7.17. The zero-order valence-electron chi connectivity index (χ0n) is 25.6. The molecule has 0 amide bonds. The van der Waals surface area contributed by atoms with Gasteiger partial charge in [0.2, 0.25) is 0 Å². The highest BCUT2D eigenvalue weighted by Gasteiger charge is 2.10. The van der Waals surface area contributed by atoms with Crippen LogP contribution in [0.4, 0.5) is 0 Å². The van der Waals surface area contributed by atoms with E-state index in [9.17, 15) is 0 Å². The third-order valence-corrected chi connectivity index (χ3v) is 7.37. The molecular weight excluding hydrogens is 466 g/mol. The molecule has 0 N–H and O–H groups in total. The molecule has 0 spiro atoms. The van der Waals surface area contributed by atoms with Crippen molar-refractivity contribution in [2.45, 2.75) is 118 Å². The number of hydrogen-bond donors (Lipinski definition) is 0. The molecule has 1 heterocycles. The van der Waals surface area contributed by atoms with Crippen LogP contribution in [0.25, 0.3) is 10.1 Å². The summed E-state index contributed by atoms with van der Waals surface area (Å²) < 4.78 is 1.43. The van der Waals surface area contributed by atoms with Crippen LogP contribution < -0.4 is 0 Å². The van der Waals surface area contributed by atoms with Gasteiger partial charge in [0.15, 0.2) is 0 Å². The molecular formula is C35H59NS. The quantitative estimate of drug-likeness (QED) is 0.147. The number of hydrogen-bond acceptors (Lipinski definition) is 2. The smallest absolute Gasteiger partial charge is 0.0348 e. The minimum atomic E-state index is 1.03. The topological polar surface area (TPSA) is 3.24 Å². The van der Waals surface area contributed by atoms with Crippen LogP contribution in [-0.4, -0.2) is 25.5 Å². The van der Waals surface area contributed by atoms with Crippen LogP contribution in [0.2, 0.25) is 0 Å². The number of unbranched alkanes of at least 4 members (excludes halogenated alkanes) is 8. The molecule has 210 valence electrons. The van der Waals surface area contributed by atoms with Crippen LogP contribution in [0, 0.1) is 0 Å². The largest absolute Gasteiger partial charge is 0.309 e. The van der Waals surface area contributed by atoms with Gasteiger partial charge in [-0.25, -0.2) is 0 Å². The van der Waals surface area contributed by atoms with E-state index < -0.39 is 0 Å². The fraction of sp³-hybridized carbons (Fsp3) is 0.600. The molecule has 0 aliphatic heterocycles. The fourth-order valence-corrected chi connectivity index (χ4v) is 5.32. The van der Waals surface area contributed by atoms with Crippen molar-refractivity contribution in [2.24, 2.45) is 0 Å². The lowest BCUT2D eigenvalue weighted by Crippen LogP contribution is -2.14. The van der Waals surface area contributed by atoms with Crippen molar-refractivity contribution in [2.75, 3.05) is 20.6 Å². The minimum absolute atomic E-state index is 1.03. The second-order valence-electron chi connectivity index (χ2n) is 9.97. The number of benzene rings is 1. The maximum Gasteiger partial charge on any atom is 0.0348 e. The Kier molecular flexibility index (Phi) is 23.6. The van der Waals surface area contributed by atoms with Crippen LogP contribution in [0.5, 0.6) is 0 Å². The zero-order chi connectivity index (χ0) is 27.7. The molecule has 0 saturated heterocycles. The number of thiophene rings is 1. The Morgan fingerprint density at radius 2 is 1.49 bits per heavy atom. The van der Waals surface area contributed by atoms with Crippen LogP contribution in [0.3, 0.4) is 0 Å². The first-order valence-corrected chi connectivity index (χ1v) is 15.9. The van der Waals surface area contributed by atoms with E-state index in [0.29, 0.717) is 0 Å². The van der Waals surface area contributed by atoms with Crippen molar-refractivity contribution in [3.63, 3.8) is 0 Å². The first-order chi connectivity index (χ1) is 18.0. The van der Waals surface area contributed by atoms with Gasteiger partial charge in [-0.15, -0.1) is 11.3 Å². The van der Waals surface area contributed by atoms with Gasteiger partial charge in [-0.2, -0.15) is 0 Å². The molecule has 1 aromatic carbocycles. The Bertz CT molecular complexity index is 855. The predicted molar refractivity (Wildman–Crippen MR) is 174 cm³/mol. The highest BCUT2D eigenvalue weighted by atomic mass is 32.1. The molecule has 0 saturated carbocycles. The van der Waals surface area contributed by atoms with Gasteiger partial charge in [0.25, 0.3) is 0 Å². The molecule has 1 aromatic heterocycles. The number of rotatable bonds is 17. The lowest BCUT2D eigenvalue weighted by molar-refractivity contribution is 0.414. The maximum absolute atomic E-state index is 4.39. The molecule has 37 heavy (non-hydrogen) atoms. The highest BCUT2D eigenvalue weighted by Crippen LogP contribution is 2.31. The Hall–Kier alpha value is -1.64. The summed E-state index contributed by atoms with van der Waals surface area (Å²) in [5, 5.41) is 3.85. The van der Waals surface area contributed by atoms with E-state index in [1.165, 1.54) is 97.4 Å². The van der Waals surface area contributed by atoms with Crippen molar-refractivity contribution < 1.29 is 0 Å². The number of likely N-dealkylation sites (N-methyl/N-ethyl adjacent to an activating group) is 1. The number of nitrogens with zero attached hydrogens (tertiary/aromatic N) is 1. The van der Waals surface area contributed by atoms with Gasteiger partial charge in [-0.3, -0.25) is 0 Å². The van der Waals surface area contributed by atoms with E-state index in [1.807, 2.05) is 25.2 Å². The molecule has 0 aliphatic rings. The van der Waals surface area contributed by atoms with Crippen LogP contribution in [0.1, 0.15) is 116 Å². The summed E-state index contributed by atoms with van der Waals surface area (Å²) in [6.07, 6.45) is 25.4. The molecule has 0 fully saturated rings. The van der Waals surface area contributed by atoms with Crippen molar-refractivity contribution in [3.8, 4) is 0 Å². The molecule has 2 heteroatoms. The van der Waals surface area contributed by atoms with Crippen LogP contribution in [0.15, 0.2) is 60.0 Å². The summed E-state index contributed by atoms with van der Waals surface area (Å²) in [5.74, 6) is 0. The normalized spacial score (nSPS) is 11.1. The molecule has 0 aliphatic carbocycles. The molecule has 0 unspecified atom stereocenters. The third-order valence-electron chi connectivity index (χ3n) is 6.38. The summed E-state index contributed by atoms with van der Waals surface area (Å²) in [5.41, 5.74) is 4.37. The van der Waals surface area contributed by atoms with Gasteiger partial charge < -0.3 is 4.90 Å². The maximum atomic E-state index is 4.39. The lowest BCUT2D eigenvalue weighted by atomic mass is 9.96. The molecule has 0 atom stereocenters. The molecule has 0 bridgehead atoms. The standard InChI is InChI=1S/C25H37NS.C8H16.C2H6/c1-5-6-7-8-9-10-11-12-14-21(2)19-22-15-13-16-24-25(22)23(20-27-24)17-18-26(3)4;1-3-5-7-8-6-4-2;1-2/h5-6,13,15-16,20H,2,7-12,14,17-19H2,1,3-4H3;3,5H,4,6-8H2,1-2H3;1-2H3/b6-5-;5-3-;. The van der Waals surface area contributed by atoms with E-state index in [2.05, 4.69) is 94.2 Å². The summed E-state index contributed by atoms with van der Waals surface area (Å²) >= 11 is 1.89. The van der Waals surface area contributed by atoms with E-state index >= 15 is 0 Å². The first kappa shape index (κ1) is 35.4. The van der Waals surface area contributed by atoms with E-state index in [-0.39, 0.29) is 0 Å². The molecule has 0 radical (unpaired) electrons. The van der Waals surface area contributed by atoms with E-state index in [0.717, 1.165) is 19.4 Å². The Labute approximate surface area is 235 Å². The third kappa shape index (κ3) is 17.5. The van der Waals surface area contributed by atoms with Gasteiger partial charge in [0.1, 0.15) is 0 Å². The summed E-state index contributed by atoms with van der Waals surface area (Å²) in [6, 6.07) is 6.78. The van der Waals surface area contributed by atoms with Gasteiger partial charge >= 0.3 is 0 Å². The number of allylic oxidation sites excluding steroid dienone is 5. The van der Waals surface area contributed by atoms with Crippen molar-refractivity contribution >= 4 is 21.4 Å². The Morgan fingerprint density at radius 3 is 2.11 bits per heavy atom. The molecule has 2 aromatic rings. The van der Waals surface area contributed by atoms with Gasteiger partial charge in [-0.1, -0.05) is 101 Å². The Balaban J connectivity index is 0.00000111. The first-order valence-electron chi connectivity index (χ1n) is 15.0. The monoisotopic (exact) mass is 525 g/mol. The minimum Gasteiger partial charge on any atom is -0.309 e. The predicted octanol–water partition coefficient (Wildman–Crippen LogP) is 11.6. The second-order valence-corrected chi connectivity index (χ2v) is 10.9. The van der Waals surface area contributed by atoms with Crippen molar-refractivity contribution in [3.05, 3.63) is 71.2 Å². The summed E-state index contributed by atoms with van der Waals surface area (Å²) in [6.45, 7) is 15.9. The van der Waals surface area contributed by atoms with E-state index in [1.54, 1.807) is 0 Å². The summed E-state index contributed by atoms with van der Waals surface area (Å²) in [4.78, 5) is 2.27. The zero-order valence-corrected chi connectivity index (χ0v) is 26.4. The van der Waals surface area contributed by atoms with E-state index in [4.69, 9.17) is 0 Å². The fourth-order valence-electron chi connectivity index (χ4n) is 4.28. The Morgan fingerprint density at radius 1 is 0.865 bits per heavy atom. The SMILES string of the molecule is C/C=C\CCCCC.C=C(CCCCCCC/C=C\C)Cc1cccc2scc(CCN(C)C)c12.CC. The van der Waals surface area contributed by atoms with Crippen molar-refractivity contribution in [1.29, 1.82) is 0 Å². The number of fused-ring (bicyclic) bond motifs is 1. The average Bonchev–Trinajstić information content (AvgIpc) is 3.33. The van der Waals surface area contributed by atoms with Gasteiger partial charge in [0, 0.05) is 11.2 Å².